The highest BCUT2D eigenvalue weighted by molar-refractivity contribution is 7.15. The van der Waals surface area contributed by atoms with Crippen molar-refractivity contribution in [2.75, 3.05) is 5.32 Å². The number of nitrogens with one attached hydrogen (secondary N) is 1. The molecule has 0 bridgehead atoms. The Labute approximate surface area is 132 Å². The Kier molecular flexibility index (Phi) is 5.52. The first kappa shape index (κ1) is 15.7. The number of aromatic nitrogens is 2. The molecule has 0 saturated carbocycles. The van der Waals surface area contributed by atoms with E-state index in [1.165, 1.54) is 11.3 Å². The van der Waals surface area contributed by atoms with Crippen LogP contribution in [0.5, 0.6) is 5.75 Å². The molecule has 7 heteroatoms. The number of hydrogen-bond donors (Lipinski definition) is 1. The van der Waals surface area contributed by atoms with E-state index in [0.29, 0.717) is 27.5 Å². The minimum Gasteiger partial charge on any atom is -0.486 e. The predicted octanol–water partition coefficient (Wildman–Crippen LogP) is 3.76. The van der Waals surface area contributed by atoms with Crippen LogP contribution in [0.4, 0.5) is 5.13 Å². The number of nitrogens with zero attached hydrogens (tertiary/aromatic N) is 2. The lowest BCUT2D eigenvalue weighted by Gasteiger charge is -2.06. The molecule has 1 N–H and O–H groups in total. The molecule has 1 aromatic carbocycles. The number of carbonyl (C=O) groups is 1. The number of halogens is 1. The number of carbonyl (C=O) groups excluding carboxylic acids is 1. The van der Waals surface area contributed by atoms with Crippen molar-refractivity contribution in [1.82, 2.24) is 10.2 Å². The van der Waals surface area contributed by atoms with Crippen LogP contribution in [0, 0.1) is 5.92 Å². The minimum atomic E-state index is -0.0428. The highest BCUT2D eigenvalue weighted by atomic mass is 35.5. The number of rotatable bonds is 6. The smallest absolute Gasteiger partial charge is 0.229 e. The largest absolute Gasteiger partial charge is 0.486 e. The van der Waals surface area contributed by atoms with Gasteiger partial charge in [-0.1, -0.05) is 36.8 Å². The fourth-order valence-electron chi connectivity index (χ4n) is 1.45. The molecule has 0 aliphatic rings. The summed E-state index contributed by atoms with van der Waals surface area (Å²) in [6.07, 6.45) is 0.789. The van der Waals surface area contributed by atoms with Crippen LogP contribution < -0.4 is 10.1 Å². The third-order valence-electron chi connectivity index (χ3n) is 2.93. The van der Waals surface area contributed by atoms with Crippen molar-refractivity contribution in [2.45, 2.75) is 26.9 Å². The summed E-state index contributed by atoms with van der Waals surface area (Å²) in [6, 6.07) is 7.09. The van der Waals surface area contributed by atoms with Crippen LogP contribution in [0.3, 0.4) is 0 Å². The molecule has 1 atom stereocenters. The molecule has 1 amide bonds. The number of ether oxygens (including phenoxy) is 1. The summed E-state index contributed by atoms with van der Waals surface area (Å²) in [5.41, 5.74) is 0. The summed E-state index contributed by atoms with van der Waals surface area (Å²) < 4.78 is 5.57. The average molecular weight is 326 g/mol. The van der Waals surface area contributed by atoms with Gasteiger partial charge in [-0.15, -0.1) is 10.2 Å². The molecule has 1 unspecified atom stereocenters. The molecule has 0 spiro atoms. The van der Waals surface area contributed by atoms with Crippen LogP contribution in [0.2, 0.25) is 5.02 Å². The summed E-state index contributed by atoms with van der Waals surface area (Å²) in [7, 11) is 0. The van der Waals surface area contributed by atoms with Crippen molar-refractivity contribution < 1.29 is 9.53 Å². The monoisotopic (exact) mass is 325 g/mol. The molecule has 0 saturated heterocycles. The van der Waals surface area contributed by atoms with E-state index in [9.17, 15) is 4.79 Å². The van der Waals surface area contributed by atoms with Crippen molar-refractivity contribution >= 4 is 34.0 Å². The zero-order chi connectivity index (χ0) is 15.2. The van der Waals surface area contributed by atoms with Gasteiger partial charge in [0.15, 0.2) is 5.01 Å². The Morgan fingerprint density at radius 2 is 2.10 bits per heavy atom. The molecule has 2 rings (SSSR count). The van der Waals surface area contributed by atoms with Crippen molar-refractivity contribution in [1.29, 1.82) is 0 Å². The number of hydrogen-bond acceptors (Lipinski definition) is 5. The van der Waals surface area contributed by atoms with Gasteiger partial charge >= 0.3 is 0 Å². The summed E-state index contributed by atoms with van der Waals surface area (Å²) in [6.45, 7) is 4.15. The Balaban J connectivity index is 1.88. The molecule has 0 radical (unpaired) electrons. The summed E-state index contributed by atoms with van der Waals surface area (Å²) in [5.74, 6) is 0.626. The fraction of sp³-hybridized carbons (Fsp3) is 0.357. The first-order valence-electron chi connectivity index (χ1n) is 6.60. The quantitative estimate of drug-likeness (QED) is 0.878. The first-order valence-corrected chi connectivity index (χ1v) is 7.79. The molecule has 21 heavy (non-hydrogen) atoms. The Morgan fingerprint density at radius 1 is 1.38 bits per heavy atom. The van der Waals surface area contributed by atoms with Gasteiger partial charge in [-0.05, 0) is 30.7 Å². The van der Waals surface area contributed by atoms with Crippen molar-refractivity contribution in [2.24, 2.45) is 5.92 Å². The third kappa shape index (κ3) is 4.68. The molecule has 1 aromatic heterocycles. The van der Waals surface area contributed by atoms with Crippen molar-refractivity contribution in [3.63, 3.8) is 0 Å². The van der Waals surface area contributed by atoms with Gasteiger partial charge in [0.2, 0.25) is 11.0 Å². The van der Waals surface area contributed by atoms with Gasteiger partial charge < -0.3 is 10.1 Å². The molecular formula is C14H16ClN3O2S. The van der Waals surface area contributed by atoms with Crippen LogP contribution in [-0.4, -0.2) is 16.1 Å². The van der Waals surface area contributed by atoms with Gasteiger partial charge in [-0.25, -0.2) is 0 Å². The number of amides is 1. The fourth-order valence-corrected chi connectivity index (χ4v) is 2.23. The molecule has 0 aliphatic heterocycles. The van der Waals surface area contributed by atoms with Crippen LogP contribution in [-0.2, 0) is 11.4 Å². The normalized spacial score (nSPS) is 12.0. The van der Waals surface area contributed by atoms with Crippen LogP contribution >= 0.6 is 22.9 Å². The van der Waals surface area contributed by atoms with Crippen LogP contribution in [0.15, 0.2) is 24.3 Å². The molecule has 0 aliphatic carbocycles. The van der Waals surface area contributed by atoms with Gasteiger partial charge in [0, 0.05) is 10.9 Å². The van der Waals surface area contributed by atoms with E-state index in [-0.39, 0.29) is 11.8 Å². The maximum absolute atomic E-state index is 11.7. The van der Waals surface area contributed by atoms with E-state index in [1.807, 2.05) is 13.8 Å². The van der Waals surface area contributed by atoms with Crippen molar-refractivity contribution in [3.8, 4) is 5.75 Å². The minimum absolute atomic E-state index is 0.0392. The summed E-state index contributed by atoms with van der Waals surface area (Å²) in [5, 5.41) is 12.5. The second-order valence-electron chi connectivity index (χ2n) is 4.54. The van der Waals surface area contributed by atoms with Gasteiger partial charge in [0.05, 0.1) is 0 Å². The molecule has 5 nitrogen and oxygen atoms in total. The van der Waals surface area contributed by atoms with E-state index in [1.54, 1.807) is 24.3 Å². The Morgan fingerprint density at radius 3 is 2.76 bits per heavy atom. The second kappa shape index (κ2) is 7.38. The van der Waals surface area contributed by atoms with E-state index >= 15 is 0 Å². The summed E-state index contributed by atoms with van der Waals surface area (Å²) in [4.78, 5) is 11.7. The third-order valence-corrected chi connectivity index (χ3v) is 4.00. The van der Waals surface area contributed by atoms with Crippen LogP contribution in [0.1, 0.15) is 25.3 Å². The standard InChI is InChI=1S/C14H16ClN3O2S/c1-3-9(2)13(19)16-14-18-17-12(21-14)8-20-11-6-4-10(15)5-7-11/h4-7,9H,3,8H2,1-2H3,(H,16,18,19). The van der Waals surface area contributed by atoms with E-state index in [2.05, 4.69) is 15.5 Å². The lowest BCUT2D eigenvalue weighted by molar-refractivity contribution is -0.119. The van der Waals surface area contributed by atoms with Crippen molar-refractivity contribution in [3.05, 3.63) is 34.3 Å². The molecule has 2 aromatic rings. The zero-order valence-electron chi connectivity index (χ0n) is 11.8. The molecular weight excluding hydrogens is 310 g/mol. The van der Waals surface area contributed by atoms with Gasteiger partial charge in [-0.3, -0.25) is 4.79 Å². The lowest BCUT2D eigenvalue weighted by Crippen LogP contribution is -2.19. The second-order valence-corrected chi connectivity index (χ2v) is 6.04. The molecule has 1 heterocycles. The van der Waals surface area contributed by atoms with E-state index in [4.69, 9.17) is 16.3 Å². The van der Waals surface area contributed by atoms with Crippen LogP contribution in [0.25, 0.3) is 0 Å². The van der Waals surface area contributed by atoms with Gasteiger partial charge in [0.25, 0.3) is 0 Å². The highest BCUT2D eigenvalue weighted by Crippen LogP contribution is 2.20. The topological polar surface area (TPSA) is 64.1 Å². The van der Waals surface area contributed by atoms with E-state index < -0.39 is 0 Å². The van der Waals surface area contributed by atoms with Gasteiger partial charge in [-0.2, -0.15) is 0 Å². The molecule has 0 fully saturated rings. The first-order chi connectivity index (χ1) is 10.1. The average Bonchev–Trinajstić information content (AvgIpc) is 2.93. The van der Waals surface area contributed by atoms with E-state index in [0.717, 1.165) is 6.42 Å². The number of anilines is 1. The Hall–Kier alpha value is -1.66. The molecule has 112 valence electrons. The predicted molar refractivity (Wildman–Crippen MR) is 83.8 cm³/mol. The number of benzene rings is 1. The van der Waals surface area contributed by atoms with Gasteiger partial charge in [0.1, 0.15) is 12.4 Å². The summed E-state index contributed by atoms with van der Waals surface area (Å²) >= 11 is 7.11. The SMILES string of the molecule is CCC(C)C(=O)Nc1nnc(COc2ccc(Cl)cc2)s1. The maximum Gasteiger partial charge on any atom is 0.229 e. The highest BCUT2D eigenvalue weighted by Gasteiger charge is 2.13. The Bertz CT molecular complexity index is 601. The maximum atomic E-state index is 11.7. The lowest BCUT2D eigenvalue weighted by atomic mass is 10.1. The zero-order valence-corrected chi connectivity index (χ0v) is 13.4.